The van der Waals surface area contributed by atoms with E-state index in [1.807, 2.05) is 19.2 Å². The minimum absolute atomic E-state index is 0.243. The molecule has 0 spiro atoms. The van der Waals surface area contributed by atoms with Crippen molar-refractivity contribution >= 4 is 17.6 Å². The van der Waals surface area contributed by atoms with Crippen LogP contribution in [-0.2, 0) is 9.59 Å². The number of ether oxygens (including phenoxy) is 1. The van der Waals surface area contributed by atoms with Gasteiger partial charge in [0.05, 0.1) is 13.2 Å². The molecule has 0 radical (unpaired) electrons. The Morgan fingerprint density at radius 2 is 1.85 bits per heavy atom. The third-order valence-corrected chi connectivity index (χ3v) is 6.94. The molecular weight excluding hydrogens is 430 g/mol. The quantitative estimate of drug-likeness (QED) is 0.474. The zero-order valence-electron chi connectivity index (χ0n) is 20.6. The lowest BCUT2D eigenvalue weighted by Crippen LogP contribution is -2.56. The number of rotatable bonds is 7. The first-order valence-electron chi connectivity index (χ1n) is 12.3. The summed E-state index contributed by atoms with van der Waals surface area (Å²) in [5.41, 5.74) is -0.176. The maximum Gasteiger partial charge on any atom is 0.246 e. The number of amidine groups is 1. The van der Waals surface area contributed by atoms with E-state index in [-0.39, 0.29) is 11.8 Å². The lowest BCUT2D eigenvalue weighted by atomic mass is 9.84. The van der Waals surface area contributed by atoms with Gasteiger partial charge in [0.15, 0.2) is 0 Å². The lowest BCUT2D eigenvalue weighted by Gasteiger charge is -2.37. The molecule has 1 aliphatic heterocycles. The minimum atomic E-state index is -0.877. The number of hydrogen-bond donors (Lipinski definition) is 2. The number of likely N-dealkylation sites (tertiary alicyclic amines) is 1. The Kier molecular flexibility index (Phi) is 9.05. The van der Waals surface area contributed by atoms with Crippen molar-refractivity contribution in [3.8, 4) is 11.8 Å². The molecule has 8 nitrogen and oxygen atoms in total. The van der Waals surface area contributed by atoms with Crippen molar-refractivity contribution in [3.05, 3.63) is 29.8 Å². The van der Waals surface area contributed by atoms with Crippen LogP contribution in [0.25, 0.3) is 0 Å². The number of aliphatic imine (C=N–C) groups is 1. The summed E-state index contributed by atoms with van der Waals surface area (Å²) in [5, 5.41) is 15.8. The predicted molar refractivity (Wildman–Crippen MR) is 132 cm³/mol. The second kappa shape index (κ2) is 12.0. The standard InChI is InChI=1S/C26H37N5O3/c1-19(32)28-24(21-9-11-22(34-3)12-10-21)29-23(17-20-7-5-4-6-8-20)25(33)30-26(18-27)13-15-31(2)16-14-26/h9-12,20,23H,4-8,13-17H2,1-3H3,(H,30,33)(H,28,29,32)/t23-/m0/s1. The van der Waals surface area contributed by atoms with Gasteiger partial charge in [0, 0.05) is 25.6 Å². The fourth-order valence-corrected chi connectivity index (χ4v) is 4.79. The number of piperidine rings is 1. The van der Waals surface area contributed by atoms with Gasteiger partial charge >= 0.3 is 0 Å². The topological polar surface area (TPSA) is 107 Å². The van der Waals surface area contributed by atoms with Crippen molar-refractivity contribution in [1.82, 2.24) is 15.5 Å². The van der Waals surface area contributed by atoms with E-state index < -0.39 is 11.6 Å². The van der Waals surface area contributed by atoms with E-state index in [0.717, 1.165) is 38.8 Å². The number of nitriles is 1. The zero-order valence-corrected chi connectivity index (χ0v) is 20.6. The molecule has 2 aliphatic rings. The van der Waals surface area contributed by atoms with Gasteiger partial charge in [-0.15, -0.1) is 0 Å². The first-order valence-corrected chi connectivity index (χ1v) is 12.3. The van der Waals surface area contributed by atoms with Crippen molar-refractivity contribution in [3.63, 3.8) is 0 Å². The largest absolute Gasteiger partial charge is 0.497 e. The molecule has 34 heavy (non-hydrogen) atoms. The highest BCUT2D eigenvalue weighted by Crippen LogP contribution is 2.29. The number of carbonyl (C=O) groups is 2. The van der Waals surface area contributed by atoms with Crippen LogP contribution in [0.15, 0.2) is 29.3 Å². The number of carbonyl (C=O) groups excluding carboxylic acids is 2. The molecule has 0 aromatic heterocycles. The highest BCUT2D eigenvalue weighted by molar-refractivity contribution is 6.08. The lowest BCUT2D eigenvalue weighted by molar-refractivity contribution is -0.124. The normalized spacial score (nSPS) is 20.1. The highest BCUT2D eigenvalue weighted by atomic mass is 16.5. The summed E-state index contributed by atoms with van der Waals surface area (Å²) in [6.07, 6.45) is 7.47. The Hall–Kier alpha value is -2.92. The first-order chi connectivity index (χ1) is 16.3. The van der Waals surface area contributed by atoms with Gasteiger partial charge in [0.25, 0.3) is 0 Å². The molecule has 1 aromatic carbocycles. The molecule has 1 atom stereocenters. The summed E-state index contributed by atoms with van der Waals surface area (Å²) >= 11 is 0. The summed E-state index contributed by atoms with van der Waals surface area (Å²) in [4.78, 5) is 32.5. The maximum atomic E-state index is 13.6. The summed E-state index contributed by atoms with van der Waals surface area (Å²) in [6, 6.07) is 8.91. The van der Waals surface area contributed by atoms with E-state index in [4.69, 9.17) is 9.73 Å². The van der Waals surface area contributed by atoms with Crippen LogP contribution in [0.2, 0.25) is 0 Å². The Morgan fingerprint density at radius 3 is 2.41 bits per heavy atom. The van der Waals surface area contributed by atoms with Gasteiger partial charge in [-0.1, -0.05) is 32.1 Å². The van der Waals surface area contributed by atoms with Crippen LogP contribution in [0, 0.1) is 17.2 Å². The zero-order chi connectivity index (χ0) is 24.6. The van der Waals surface area contributed by atoms with Gasteiger partial charge in [-0.3, -0.25) is 14.6 Å². The molecule has 3 rings (SSSR count). The van der Waals surface area contributed by atoms with Gasteiger partial charge in [-0.05, 0) is 56.5 Å². The van der Waals surface area contributed by atoms with Crippen molar-refractivity contribution in [2.45, 2.75) is 69.9 Å². The average Bonchev–Trinajstić information content (AvgIpc) is 2.85. The van der Waals surface area contributed by atoms with Crippen LogP contribution in [0.4, 0.5) is 0 Å². The molecule has 1 saturated heterocycles. The van der Waals surface area contributed by atoms with Crippen LogP contribution in [0.3, 0.4) is 0 Å². The third kappa shape index (κ3) is 7.04. The smallest absolute Gasteiger partial charge is 0.246 e. The molecular formula is C26H37N5O3. The summed E-state index contributed by atoms with van der Waals surface area (Å²) in [7, 11) is 3.62. The molecule has 0 unspecified atom stereocenters. The van der Waals surface area contributed by atoms with E-state index in [9.17, 15) is 14.9 Å². The molecule has 1 aliphatic carbocycles. The summed E-state index contributed by atoms with van der Waals surface area (Å²) < 4.78 is 5.24. The molecule has 2 fully saturated rings. The van der Waals surface area contributed by atoms with Crippen LogP contribution in [0.5, 0.6) is 5.75 Å². The van der Waals surface area contributed by atoms with E-state index in [2.05, 4.69) is 21.6 Å². The van der Waals surface area contributed by atoms with Crippen molar-refractivity contribution in [2.75, 3.05) is 27.2 Å². The van der Waals surface area contributed by atoms with Crippen LogP contribution >= 0.6 is 0 Å². The minimum Gasteiger partial charge on any atom is -0.497 e. The molecule has 1 aromatic rings. The molecule has 8 heteroatoms. The second-order valence-corrected chi connectivity index (χ2v) is 9.63. The Bertz CT molecular complexity index is 907. The molecule has 184 valence electrons. The van der Waals surface area contributed by atoms with Crippen molar-refractivity contribution in [1.29, 1.82) is 5.26 Å². The third-order valence-electron chi connectivity index (χ3n) is 6.94. The van der Waals surface area contributed by atoms with Gasteiger partial charge in [0.1, 0.15) is 23.2 Å². The molecule has 1 saturated carbocycles. The van der Waals surface area contributed by atoms with Gasteiger partial charge in [0.2, 0.25) is 11.8 Å². The highest BCUT2D eigenvalue weighted by Gasteiger charge is 2.37. The first kappa shape index (κ1) is 25.7. The SMILES string of the molecule is COc1ccc(C(=N[C@@H](CC2CCCCC2)C(=O)NC2(C#N)CCN(C)CC2)NC(C)=O)cc1. The summed E-state index contributed by atoms with van der Waals surface area (Å²) in [5.74, 6) is 0.961. The molecule has 0 bridgehead atoms. The van der Waals surface area contributed by atoms with E-state index in [0.29, 0.717) is 42.3 Å². The van der Waals surface area contributed by atoms with E-state index in [1.165, 1.54) is 13.3 Å². The average molecular weight is 468 g/mol. The number of benzene rings is 1. The molecule has 2 N–H and O–H groups in total. The Labute approximate surface area is 202 Å². The number of amides is 2. The van der Waals surface area contributed by atoms with Gasteiger partial charge in [-0.2, -0.15) is 5.26 Å². The Balaban J connectivity index is 1.90. The van der Waals surface area contributed by atoms with Gasteiger partial charge in [-0.25, -0.2) is 0 Å². The van der Waals surface area contributed by atoms with E-state index >= 15 is 0 Å². The van der Waals surface area contributed by atoms with E-state index in [1.54, 1.807) is 19.2 Å². The van der Waals surface area contributed by atoms with Crippen LogP contribution < -0.4 is 15.4 Å². The number of methoxy groups -OCH3 is 1. The maximum absolute atomic E-state index is 13.6. The second-order valence-electron chi connectivity index (χ2n) is 9.63. The molecule has 1 heterocycles. The fourth-order valence-electron chi connectivity index (χ4n) is 4.79. The summed E-state index contributed by atoms with van der Waals surface area (Å²) in [6.45, 7) is 2.94. The predicted octanol–water partition coefficient (Wildman–Crippen LogP) is 3.02. The molecule has 2 amide bonds. The van der Waals surface area contributed by atoms with Crippen LogP contribution in [0.1, 0.15) is 63.9 Å². The van der Waals surface area contributed by atoms with Crippen molar-refractivity contribution < 1.29 is 14.3 Å². The van der Waals surface area contributed by atoms with Gasteiger partial charge < -0.3 is 20.3 Å². The number of nitrogens with one attached hydrogen (secondary N) is 2. The Morgan fingerprint density at radius 1 is 1.21 bits per heavy atom. The fraction of sp³-hybridized carbons (Fsp3) is 0.615. The number of hydrogen-bond acceptors (Lipinski definition) is 6. The van der Waals surface area contributed by atoms with Crippen molar-refractivity contribution in [2.24, 2.45) is 10.9 Å². The monoisotopic (exact) mass is 467 g/mol. The van der Waals surface area contributed by atoms with Crippen LogP contribution in [-0.4, -0.2) is 61.4 Å². The number of nitrogens with zero attached hydrogens (tertiary/aromatic N) is 3.